The fourth-order valence-corrected chi connectivity index (χ4v) is 6.52. The van der Waals surface area contributed by atoms with Crippen LogP contribution in [0.2, 0.25) is 0 Å². The van der Waals surface area contributed by atoms with Crippen LogP contribution in [0.25, 0.3) is 0 Å². The van der Waals surface area contributed by atoms with Gasteiger partial charge in [0.25, 0.3) is 0 Å². The van der Waals surface area contributed by atoms with Gasteiger partial charge in [-0.2, -0.15) is 0 Å². The summed E-state index contributed by atoms with van der Waals surface area (Å²) in [7, 11) is 1.33. The van der Waals surface area contributed by atoms with Crippen LogP contribution in [-0.4, -0.2) is 100 Å². The highest BCUT2D eigenvalue weighted by Gasteiger charge is 2.42. The summed E-state index contributed by atoms with van der Waals surface area (Å²) < 4.78 is 19.9. The third-order valence-corrected chi connectivity index (χ3v) is 9.10. The number of carbonyl (C=O) groups is 2. The number of nitrogens with zero attached hydrogens (tertiary/aromatic N) is 5. The summed E-state index contributed by atoms with van der Waals surface area (Å²) in [5.74, 6) is -1.26. The van der Waals surface area contributed by atoms with Crippen molar-refractivity contribution in [2.45, 2.75) is 32.9 Å². The number of hydrogen-bond donors (Lipinski definition) is 2. The molecule has 2 N–H and O–H groups in total. The van der Waals surface area contributed by atoms with Crippen LogP contribution in [-0.2, 0) is 14.3 Å². The molecule has 0 spiro atoms. The summed E-state index contributed by atoms with van der Waals surface area (Å²) in [4.78, 5) is 40.6. The minimum Gasteiger partial charge on any atom is -0.481 e. The summed E-state index contributed by atoms with van der Waals surface area (Å²) in [6.45, 7) is 8.46. The zero-order valence-electron chi connectivity index (χ0n) is 23.4. The molecular formula is C28H33FN6O4S2. The topological polar surface area (TPSA) is 111 Å². The number of esters is 1. The van der Waals surface area contributed by atoms with Gasteiger partial charge < -0.3 is 25.0 Å². The number of ether oxygens (including phenoxy) is 1. The Hall–Kier alpha value is -3.42. The average Bonchev–Trinajstić information content (AvgIpc) is 3.58. The summed E-state index contributed by atoms with van der Waals surface area (Å²) >= 11 is 7.14. The number of hydrogen-bond acceptors (Lipinski definition) is 9. The molecule has 0 amide bonds. The summed E-state index contributed by atoms with van der Waals surface area (Å²) in [6, 6.07) is 4.10. The molecule has 3 aliphatic heterocycles. The van der Waals surface area contributed by atoms with Crippen molar-refractivity contribution in [3.8, 4) is 0 Å². The molecule has 2 saturated heterocycles. The number of benzene rings is 1. The molecule has 1 aromatic heterocycles. The fourth-order valence-electron chi connectivity index (χ4n) is 5.55. The highest BCUT2D eigenvalue weighted by molar-refractivity contribution is 7.80. The van der Waals surface area contributed by atoms with Gasteiger partial charge in [0.05, 0.1) is 24.1 Å². The van der Waals surface area contributed by atoms with E-state index in [0.717, 1.165) is 0 Å². The maximum absolute atomic E-state index is 14.7. The number of aromatic nitrogens is 1. The van der Waals surface area contributed by atoms with Crippen molar-refractivity contribution >= 4 is 46.4 Å². The van der Waals surface area contributed by atoms with Gasteiger partial charge in [0.2, 0.25) is 0 Å². The fraction of sp³-hybridized carbons (Fsp3) is 0.464. The lowest BCUT2D eigenvalue weighted by molar-refractivity contribution is -0.147. The quantitative estimate of drug-likeness (QED) is 0.347. The first-order valence-corrected chi connectivity index (χ1v) is 14.6. The predicted molar refractivity (Wildman–Crippen MR) is 157 cm³/mol. The molecule has 0 aliphatic carbocycles. The molecule has 2 fully saturated rings. The molecule has 41 heavy (non-hydrogen) atoms. The van der Waals surface area contributed by atoms with Gasteiger partial charge in [0, 0.05) is 56.5 Å². The van der Waals surface area contributed by atoms with E-state index in [9.17, 15) is 19.1 Å². The third kappa shape index (κ3) is 5.70. The van der Waals surface area contributed by atoms with Crippen molar-refractivity contribution in [3.63, 3.8) is 0 Å². The molecule has 10 nitrogen and oxygen atoms in total. The molecule has 4 heterocycles. The van der Waals surface area contributed by atoms with E-state index in [1.807, 2.05) is 10.3 Å². The van der Waals surface area contributed by atoms with Crippen molar-refractivity contribution in [1.82, 2.24) is 25.0 Å². The standard InChI is InChI=1S/C28H33FN6O4S2/c1-16-18(6-5-7-19(16)29)22-21(25(36)39-4)20(31-23(32-22)24-30-8-11-41-24)14-33-9-10-35-17(12-33)13-34(27(35)40)15-28(2,3)26(37)38/h5-8,11,17,22H,9-10,12-15H2,1-4H3,(H,31,32)(H,37,38). The second-order valence-electron chi connectivity index (χ2n) is 11.1. The lowest BCUT2D eigenvalue weighted by Gasteiger charge is -2.38. The first-order valence-electron chi connectivity index (χ1n) is 13.3. The van der Waals surface area contributed by atoms with Crippen molar-refractivity contribution in [1.29, 1.82) is 0 Å². The van der Waals surface area contributed by atoms with E-state index in [2.05, 4.69) is 20.1 Å². The predicted octanol–water partition coefficient (Wildman–Crippen LogP) is 2.81. The lowest BCUT2D eigenvalue weighted by atomic mass is 9.92. The number of piperazine rings is 1. The zero-order valence-corrected chi connectivity index (χ0v) is 25.0. The van der Waals surface area contributed by atoms with E-state index in [4.69, 9.17) is 21.9 Å². The summed E-state index contributed by atoms with van der Waals surface area (Å²) in [5.41, 5.74) is 1.03. The van der Waals surface area contributed by atoms with E-state index in [1.54, 1.807) is 39.1 Å². The van der Waals surface area contributed by atoms with Crippen molar-refractivity contribution in [3.05, 3.63) is 63.0 Å². The lowest BCUT2D eigenvalue weighted by Crippen LogP contribution is -2.53. The number of thiocarbonyl (C=S) groups is 1. The molecule has 2 aromatic rings. The number of fused-ring (bicyclic) bond motifs is 1. The second kappa shape index (κ2) is 11.5. The highest BCUT2D eigenvalue weighted by atomic mass is 32.1. The number of methoxy groups -OCH3 is 1. The van der Waals surface area contributed by atoms with Crippen LogP contribution in [0.3, 0.4) is 0 Å². The second-order valence-corrected chi connectivity index (χ2v) is 12.4. The Balaban J connectivity index is 1.44. The van der Waals surface area contributed by atoms with E-state index < -0.39 is 23.4 Å². The minimum atomic E-state index is -0.930. The maximum Gasteiger partial charge on any atom is 0.338 e. The molecule has 5 rings (SSSR count). The monoisotopic (exact) mass is 600 g/mol. The number of halogens is 1. The Morgan fingerprint density at radius 2 is 2.07 bits per heavy atom. The molecule has 3 aliphatic rings. The first-order chi connectivity index (χ1) is 19.5. The van der Waals surface area contributed by atoms with E-state index in [0.29, 0.717) is 77.6 Å². The van der Waals surface area contributed by atoms with Gasteiger partial charge in [-0.15, -0.1) is 11.3 Å². The Bertz CT molecular complexity index is 1430. The van der Waals surface area contributed by atoms with Gasteiger partial charge in [-0.1, -0.05) is 12.1 Å². The van der Waals surface area contributed by atoms with E-state index in [1.165, 1.54) is 24.5 Å². The number of amidine groups is 1. The van der Waals surface area contributed by atoms with E-state index >= 15 is 0 Å². The van der Waals surface area contributed by atoms with Crippen molar-refractivity contribution in [2.75, 3.05) is 46.4 Å². The maximum atomic E-state index is 14.7. The van der Waals surface area contributed by atoms with Crippen LogP contribution in [0.5, 0.6) is 0 Å². The van der Waals surface area contributed by atoms with Crippen molar-refractivity contribution < 1.29 is 23.8 Å². The van der Waals surface area contributed by atoms with E-state index in [-0.39, 0.29) is 11.9 Å². The molecule has 0 saturated carbocycles. The van der Waals surface area contributed by atoms with Crippen LogP contribution in [0.15, 0.2) is 46.0 Å². The van der Waals surface area contributed by atoms with Gasteiger partial charge in [-0.3, -0.25) is 14.7 Å². The number of carboxylic acid groups (broad SMARTS) is 1. The van der Waals surface area contributed by atoms with Gasteiger partial charge in [-0.05, 0) is 50.2 Å². The smallest absolute Gasteiger partial charge is 0.338 e. The molecule has 13 heteroatoms. The third-order valence-electron chi connectivity index (χ3n) is 7.83. The first kappa shape index (κ1) is 29.1. The van der Waals surface area contributed by atoms with Gasteiger partial charge in [0.1, 0.15) is 11.9 Å². The number of aliphatic imine (C=N–C) groups is 1. The average molecular weight is 601 g/mol. The minimum absolute atomic E-state index is 0.0833. The number of thiazole rings is 1. The molecule has 218 valence electrons. The Morgan fingerprint density at radius 1 is 1.29 bits per heavy atom. The van der Waals surface area contributed by atoms with Crippen molar-refractivity contribution in [2.24, 2.45) is 10.4 Å². The molecular weight excluding hydrogens is 567 g/mol. The molecule has 2 unspecified atom stereocenters. The number of aliphatic carboxylic acids is 1. The number of rotatable bonds is 8. The van der Waals surface area contributed by atoms with Gasteiger partial charge >= 0.3 is 11.9 Å². The molecule has 0 radical (unpaired) electrons. The summed E-state index contributed by atoms with van der Waals surface area (Å²) in [5, 5.41) is 16.1. The van der Waals surface area contributed by atoms with Crippen LogP contribution >= 0.6 is 23.6 Å². The Labute approximate surface area is 247 Å². The summed E-state index contributed by atoms with van der Waals surface area (Å²) in [6.07, 6.45) is 1.69. The largest absolute Gasteiger partial charge is 0.481 e. The van der Waals surface area contributed by atoms with Crippen LogP contribution in [0.1, 0.15) is 36.0 Å². The zero-order chi connectivity index (χ0) is 29.5. The number of nitrogens with one attached hydrogen (secondary N) is 1. The van der Waals surface area contributed by atoms with Gasteiger partial charge in [0.15, 0.2) is 16.0 Å². The highest BCUT2D eigenvalue weighted by Crippen LogP contribution is 2.36. The molecule has 0 bridgehead atoms. The van der Waals surface area contributed by atoms with Crippen LogP contribution in [0.4, 0.5) is 4.39 Å². The molecule has 1 aromatic carbocycles. The molecule has 2 atom stereocenters. The Kier molecular flexibility index (Phi) is 8.13. The van der Waals surface area contributed by atoms with Crippen LogP contribution in [0, 0.1) is 18.2 Å². The Morgan fingerprint density at radius 3 is 2.76 bits per heavy atom. The SMILES string of the molecule is COC(=O)C1=C(CN2CCN3C(=S)N(CC(C)(C)C(=O)O)CC3C2)NC(c2nccs2)=NC1c1cccc(F)c1C. The number of carbonyl (C=O) groups excluding carboxylic acids is 1. The normalized spacial score (nSPS) is 21.5. The van der Waals surface area contributed by atoms with Gasteiger partial charge in [-0.25, -0.2) is 14.2 Å². The number of carboxylic acids is 1. The van der Waals surface area contributed by atoms with Crippen LogP contribution < -0.4 is 5.32 Å².